The summed E-state index contributed by atoms with van der Waals surface area (Å²) >= 11 is 0. The minimum Gasteiger partial charge on any atom is -0.378 e. The predicted molar refractivity (Wildman–Crippen MR) is 111 cm³/mol. The average molecular weight is 389 g/mol. The van der Waals surface area contributed by atoms with Crippen molar-refractivity contribution in [1.82, 2.24) is 15.5 Å². The second-order valence-electron chi connectivity index (χ2n) is 7.60. The van der Waals surface area contributed by atoms with Crippen LogP contribution in [0.2, 0.25) is 0 Å². The summed E-state index contributed by atoms with van der Waals surface area (Å²) in [5.74, 6) is -0.250. The van der Waals surface area contributed by atoms with Crippen LogP contribution in [-0.2, 0) is 13.1 Å². The van der Waals surface area contributed by atoms with Gasteiger partial charge in [0.15, 0.2) is 0 Å². The first kappa shape index (κ1) is 20.7. The molecule has 3 rings (SSSR count). The van der Waals surface area contributed by atoms with Crippen molar-refractivity contribution in [3.8, 4) is 0 Å². The van der Waals surface area contributed by atoms with Gasteiger partial charge in [0.05, 0.1) is 0 Å². The summed E-state index contributed by atoms with van der Waals surface area (Å²) in [4.78, 5) is 4.20. The minimum atomic E-state index is -0.907. The van der Waals surface area contributed by atoms with Gasteiger partial charge in [-0.2, -0.15) is 0 Å². The Kier molecular flexibility index (Phi) is 7.36. The van der Waals surface area contributed by atoms with E-state index in [9.17, 15) is 8.78 Å². The highest BCUT2D eigenvalue weighted by Gasteiger charge is 2.29. The van der Waals surface area contributed by atoms with Crippen LogP contribution >= 0.6 is 0 Å². The van der Waals surface area contributed by atoms with E-state index in [1.807, 2.05) is 14.1 Å². The third kappa shape index (κ3) is 5.74. The van der Waals surface area contributed by atoms with Crippen LogP contribution in [-0.4, -0.2) is 51.0 Å². The van der Waals surface area contributed by atoms with Crippen molar-refractivity contribution in [2.24, 2.45) is 0 Å². The van der Waals surface area contributed by atoms with E-state index in [-0.39, 0.29) is 11.9 Å². The molecule has 4 nitrogen and oxygen atoms in total. The summed E-state index contributed by atoms with van der Waals surface area (Å²) in [5.41, 5.74) is 3.34. The van der Waals surface area contributed by atoms with E-state index in [2.05, 4.69) is 44.7 Å². The van der Waals surface area contributed by atoms with E-state index in [1.165, 1.54) is 17.7 Å². The molecule has 2 aromatic rings. The van der Waals surface area contributed by atoms with Gasteiger partial charge in [-0.1, -0.05) is 24.3 Å². The van der Waals surface area contributed by atoms with Gasteiger partial charge in [0.25, 0.3) is 0 Å². The van der Waals surface area contributed by atoms with Crippen LogP contribution in [0.4, 0.5) is 14.5 Å². The Hall–Kier alpha value is -2.02. The Balaban J connectivity index is 1.61. The predicted octanol–water partition coefficient (Wildman–Crippen LogP) is 3.14. The summed E-state index contributed by atoms with van der Waals surface area (Å²) in [6.07, 6.45) is -0.142. The maximum atomic E-state index is 14.5. The van der Waals surface area contributed by atoms with Gasteiger partial charge >= 0.3 is 0 Å². The minimum absolute atomic E-state index is 0.144. The number of halogens is 2. The van der Waals surface area contributed by atoms with E-state index in [4.69, 9.17) is 0 Å². The SMILES string of the molecule is CN(C)c1ccc(CNCN(Cc2ccc(F)cc2)C2CCNCC2F)cc1. The normalized spacial score (nSPS) is 19.8. The summed E-state index contributed by atoms with van der Waals surface area (Å²) < 4.78 is 27.8. The number of piperidine rings is 1. The maximum absolute atomic E-state index is 14.5. The molecule has 152 valence electrons. The van der Waals surface area contributed by atoms with Gasteiger partial charge in [-0.15, -0.1) is 0 Å². The van der Waals surface area contributed by atoms with E-state index < -0.39 is 6.17 Å². The molecule has 1 aliphatic rings. The average Bonchev–Trinajstić information content (AvgIpc) is 2.70. The zero-order valence-electron chi connectivity index (χ0n) is 16.7. The molecule has 1 heterocycles. The van der Waals surface area contributed by atoms with Crippen LogP contribution in [0.3, 0.4) is 0 Å². The highest BCUT2D eigenvalue weighted by atomic mass is 19.1. The number of anilines is 1. The van der Waals surface area contributed by atoms with Gasteiger partial charge in [-0.25, -0.2) is 8.78 Å². The Bertz CT molecular complexity index is 718. The molecule has 2 atom stereocenters. The molecule has 0 radical (unpaired) electrons. The van der Waals surface area contributed by atoms with Gasteiger partial charge in [0.1, 0.15) is 12.0 Å². The smallest absolute Gasteiger partial charge is 0.128 e. The Morgan fingerprint density at radius 3 is 2.36 bits per heavy atom. The van der Waals surface area contributed by atoms with Crippen molar-refractivity contribution in [2.75, 3.05) is 38.8 Å². The number of benzene rings is 2. The van der Waals surface area contributed by atoms with Crippen LogP contribution in [0.1, 0.15) is 17.5 Å². The monoisotopic (exact) mass is 388 g/mol. The molecule has 0 spiro atoms. The molecule has 1 fully saturated rings. The van der Waals surface area contributed by atoms with Crippen molar-refractivity contribution in [3.63, 3.8) is 0 Å². The van der Waals surface area contributed by atoms with E-state index in [1.54, 1.807) is 12.1 Å². The standard InChI is InChI=1S/C22H30F2N4/c1-27(2)20-9-5-17(6-10-20)13-26-16-28(22-11-12-25-14-21(22)24)15-18-3-7-19(23)8-4-18/h3-10,21-22,25-26H,11-16H2,1-2H3. The second-order valence-corrected chi connectivity index (χ2v) is 7.60. The number of alkyl halides is 1. The zero-order chi connectivity index (χ0) is 19.9. The third-order valence-corrected chi connectivity index (χ3v) is 5.24. The molecule has 1 aliphatic heterocycles. The van der Waals surface area contributed by atoms with Crippen LogP contribution in [0, 0.1) is 5.82 Å². The summed E-state index contributed by atoms with van der Waals surface area (Å²) in [7, 11) is 4.04. The first-order chi connectivity index (χ1) is 13.5. The fourth-order valence-corrected chi connectivity index (χ4v) is 3.59. The molecule has 0 amide bonds. The topological polar surface area (TPSA) is 30.5 Å². The van der Waals surface area contributed by atoms with Gasteiger partial charge < -0.3 is 15.5 Å². The van der Waals surface area contributed by atoms with Gasteiger partial charge in [-0.05, 0) is 48.4 Å². The number of hydrogen-bond donors (Lipinski definition) is 2. The van der Waals surface area contributed by atoms with Crippen molar-refractivity contribution < 1.29 is 8.78 Å². The molecule has 6 heteroatoms. The Morgan fingerprint density at radius 2 is 1.71 bits per heavy atom. The van der Waals surface area contributed by atoms with Crippen LogP contribution in [0.15, 0.2) is 48.5 Å². The highest BCUT2D eigenvalue weighted by Crippen LogP contribution is 2.18. The lowest BCUT2D eigenvalue weighted by molar-refractivity contribution is 0.0711. The van der Waals surface area contributed by atoms with Crippen molar-refractivity contribution >= 4 is 5.69 Å². The fourth-order valence-electron chi connectivity index (χ4n) is 3.59. The van der Waals surface area contributed by atoms with Crippen molar-refractivity contribution in [3.05, 3.63) is 65.5 Å². The first-order valence-corrected chi connectivity index (χ1v) is 9.83. The molecule has 2 unspecified atom stereocenters. The summed E-state index contributed by atoms with van der Waals surface area (Å²) in [6, 6.07) is 14.7. The molecule has 1 saturated heterocycles. The maximum Gasteiger partial charge on any atom is 0.128 e. The largest absolute Gasteiger partial charge is 0.378 e. The molecular weight excluding hydrogens is 358 g/mol. The molecule has 2 N–H and O–H groups in total. The molecule has 0 bridgehead atoms. The molecule has 0 aromatic heterocycles. The van der Waals surface area contributed by atoms with E-state index in [0.717, 1.165) is 30.8 Å². The Labute approximate surface area is 166 Å². The Morgan fingerprint density at radius 1 is 1.04 bits per heavy atom. The highest BCUT2D eigenvalue weighted by molar-refractivity contribution is 5.45. The van der Waals surface area contributed by atoms with Crippen molar-refractivity contribution in [1.29, 1.82) is 0 Å². The lowest BCUT2D eigenvalue weighted by Crippen LogP contribution is -2.52. The molecule has 28 heavy (non-hydrogen) atoms. The second kappa shape index (κ2) is 9.96. The molecular formula is C22H30F2N4. The molecule has 0 aliphatic carbocycles. The quantitative estimate of drug-likeness (QED) is 0.680. The first-order valence-electron chi connectivity index (χ1n) is 9.83. The van der Waals surface area contributed by atoms with Crippen molar-refractivity contribution in [2.45, 2.75) is 31.7 Å². The summed E-state index contributed by atoms with van der Waals surface area (Å²) in [6.45, 7) is 3.10. The number of nitrogens with one attached hydrogen (secondary N) is 2. The number of nitrogens with zero attached hydrogens (tertiary/aromatic N) is 2. The fraction of sp³-hybridized carbons (Fsp3) is 0.455. The zero-order valence-corrected chi connectivity index (χ0v) is 16.7. The van der Waals surface area contributed by atoms with Crippen LogP contribution in [0.25, 0.3) is 0 Å². The van der Waals surface area contributed by atoms with Gasteiger partial charge in [0, 0.05) is 52.1 Å². The molecule has 2 aromatic carbocycles. The lowest BCUT2D eigenvalue weighted by atomic mass is 10.0. The number of rotatable bonds is 8. The van der Waals surface area contributed by atoms with Crippen LogP contribution < -0.4 is 15.5 Å². The molecule has 0 saturated carbocycles. The van der Waals surface area contributed by atoms with E-state index in [0.29, 0.717) is 19.8 Å². The van der Waals surface area contributed by atoms with E-state index >= 15 is 0 Å². The number of hydrogen-bond acceptors (Lipinski definition) is 4. The van der Waals surface area contributed by atoms with Crippen LogP contribution in [0.5, 0.6) is 0 Å². The summed E-state index contributed by atoms with van der Waals surface area (Å²) in [5, 5.41) is 6.56. The lowest BCUT2D eigenvalue weighted by Gasteiger charge is -2.37. The van der Waals surface area contributed by atoms with Gasteiger partial charge in [0.2, 0.25) is 0 Å². The third-order valence-electron chi connectivity index (χ3n) is 5.24. The van der Waals surface area contributed by atoms with Gasteiger partial charge in [-0.3, -0.25) is 4.90 Å².